The molecule has 0 atom stereocenters. The van der Waals surface area contributed by atoms with Crippen LogP contribution in [0.2, 0.25) is 0 Å². The van der Waals surface area contributed by atoms with Crippen LogP contribution < -0.4 is 4.62 Å². The molecule has 14 heavy (non-hydrogen) atoms. The molecule has 1 heterocycles. The standard InChI is InChI=1S/C7H13N2O4P/c1-3-11-14(10,12-4-2)13-9-6-5-8-7-9/h5-7H,3-4H2,1-2H3. The third-order valence-electron chi connectivity index (χ3n) is 1.25. The summed E-state index contributed by atoms with van der Waals surface area (Å²) in [5.41, 5.74) is 0. The molecule has 0 fully saturated rings. The van der Waals surface area contributed by atoms with Crippen molar-refractivity contribution in [3.8, 4) is 0 Å². The molecule has 0 unspecified atom stereocenters. The van der Waals surface area contributed by atoms with E-state index in [4.69, 9.17) is 13.7 Å². The molecule has 1 aromatic rings. The van der Waals surface area contributed by atoms with E-state index >= 15 is 0 Å². The second-order valence-electron chi connectivity index (χ2n) is 2.29. The van der Waals surface area contributed by atoms with E-state index in [1.807, 2.05) is 0 Å². The third kappa shape index (κ3) is 3.14. The summed E-state index contributed by atoms with van der Waals surface area (Å²) < 4.78 is 27.8. The number of phosphoric ester groups is 1. The van der Waals surface area contributed by atoms with E-state index in [1.165, 1.54) is 23.5 Å². The highest BCUT2D eigenvalue weighted by atomic mass is 31.2. The Morgan fingerprint density at radius 2 is 2.00 bits per heavy atom. The van der Waals surface area contributed by atoms with Crippen molar-refractivity contribution in [1.82, 2.24) is 9.71 Å². The highest BCUT2D eigenvalue weighted by Crippen LogP contribution is 2.45. The van der Waals surface area contributed by atoms with Crippen LogP contribution in [0.25, 0.3) is 0 Å². The van der Waals surface area contributed by atoms with Gasteiger partial charge in [0, 0.05) is 6.20 Å². The Morgan fingerprint density at radius 3 is 2.43 bits per heavy atom. The highest BCUT2D eigenvalue weighted by molar-refractivity contribution is 7.48. The Morgan fingerprint density at radius 1 is 1.36 bits per heavy atom. The summed E-state index contributed by atoms with van der Waals surface area (Å²) in [5.74, 6) is 0. The van der Waals surface area contributed by atoms with E-state index < -0.39 is 7.82 Å². The van der Waals surface area contributed by atoms with Crippen molar-refractivity contribution in [3.05, 3.63) is 18.7 Å². The van der Waals surface area contributed by atoms with Gasteiger partial charge in [-0.05, 0) is 13.8 Å². The van der Waals surface area contributed by atoms with Gasteiger partial charge in [-0.3, -0.25) is 9.05 Å². The first kappa shape index (κ1) is 11.2. The van der Waals surface area contributed by atoms with Crippen LogP contribution in [0.4, 0.5) is 0 Å². The maximum absolute atomic E-state index is 11.8. The molecule has 0 amide bonds. The molecule has 0 saturated carbocycles. The molecule has 0 aliphatic carbocycles. The minimum atomic E-state index is -3.49. The lowest BCUT2D eigenvalue weighted by atomic mass is 10.9. The first-order valence-electron chi connectivity index (χ1n) is 4.27. The van der Waals surface area contributed by atoms with Crippen LogP contribution >= 0.6 is 7.82 Å². The van der Waals surface area contributed by atoms with Gasteiger partial charge in [-0.1, -0.05) is 0 Å². The minimum Gasteiger partial charge on any atom is -0.310 e. The molecule has 0 saturated heterocycles. The Balaban J connectivity index is 2.64. The zero-order valence-corrected chi connectivity index (χ0v) is 9.02. The normalized spacial score (nSPS) is 11.6. The van der Waals surface area contributed by atoms with E-state index in [0.29, 0.717) is 0 Å². The number of phosphoric acid groups is 1. The molecule has 6 nitrogen and oxygen atoms in total. The molecule has 0 aliphatic heterocycles. The highest BCUT2D eigenvalue weighted by Gasteiger charge is 2.27. The summed E-state index contributed by atoms with van der Waals surface area (Å²) in [6.07, 6.45) is 4.37. The molecule has 7 heteroatoms. The number of rotatable bonds is 6. The lowest BCUT2D eigenvalue weighted by molar-refractivity contribution is 0.112. The molecular weight excluding hydrogens is 207 g/mol. The van der Waals surface area contributed by atoms with Crippen molar-refractivity contribution in [2.45, 2.75) is 13.8 Å². The van der Waals surface area contributed by atoms with Gasteiger partial charge < -0.3 is 4.62 Å². The fourth-order valence-corrected chi connectivity index (χ4v) is 1.94. The van der Waals surface area contributed by atoms with Gasteiger partial charge in [0.2, 0.25) is 0 Å². The lowest BCUT2D eigenvalue weighted by Crippen LogP contribution is -2.11. The van der Waals surface area contributed by atoms with Gasteiger partial charge >= 0.3 is 7.82 Å². The van der Waals surface area contributed by atoms with Gasteiger partial charge in [-0.25, -0.2) is 9.55 Å². The van der Waals surface area contributed by atoms with Crippen molar-refractivity contribution in [2.24, 2.45) is 0 Å². The van der Waals surface area contributed by atoms with Gasteiger partial charge in [0.1, 0.15) is 6.33 Å². The summed E-state index contributed by atoms with van der Waals surface area (Å²) in [7, 11) is -3.49. The Labute approximate surface area is 82.4 Å². The lowest BCUT2D eigenvalue weighted by Gasteiger charge is -2.15. The largest absolute Gasteiger partial charge is 0.549 e. The first-order valence-corrected chi connectivity index (χ1v) is 5.73. The van der Waals surface area contributed by atoms with Crippen LogP contribution in [-0.4, -0.2) is 22.9 Å². The minimum absolute atomic E-state index is 0.256. The summed E-state index contributed by atoms with van der Waals surface area (Å²) in [5, 5.41) is 0. The average Bonchev–Trinajstić information content (AvgIpc) is 2.57. The van der Waals surface area contributed by atoms with Gasteiger partial charge in [0.05, 0.1) is 19.4 Å². The van der Waals surface area contributed by atoms with E-state index in [1.54, 1.807) is 13.8 Å². The van der Waals surface area contributed by atoms with Gasteiger partial charge in [-0.2, -0.15) is 4.73 Å². The van der Waals surface area contributed by atoms with Gasteiger partial charge in [0.15, 0.2) is 0 Å². The Kier molecular flexibility index (Phi) is 4.13. The first-order chi connectivity index (χ1) is 6.70. The fourth-order valence-electron chi connectivity index (χ4n) is 0.811. The Bertz CT molecular complexity index is 291. The fraction of sp³-hybridized carbons (Fsp3) is 0.571. The number of imidazole rings is 1. The average molecular weight is 220 g/mol. The smallest absolute Gasteiger partial charge is 0.310 e. The van der Waals surface area contributed by atoms with E-state index in [-0.39, 0.29) is 13.2 Å². The van der Waals surface area contributed by atoms with Crippen LogP contribution in [-0.2, 0) is 13.6 Å². The quantitative estimate of drug-likeness (QED) is 0.679. The molecular formula is C7H13N2O4P. The predicted octanol–water partition coefficient (Wildman–Crippen LogP) is 1.49. The van der Waals surface area contributed by atoms with Crippen molar-refractivity contribution in [2.75, 3.05) is 13.2 Å². The summed E-state index contributed by atoms with van der Waals surface area (Å²) in [4.78, 5) is 3.73. The predicted molar refractivity (Wildman–Crippen MR) is 49.7 cm³/mol. The molecule has 0 bridgehead atoms. The second-order valence-corrected chi connectivity index (χ2v) is 3.86. The summed E-state index contributed by atoms with van der Waals surface area (Å²) in [6.45, 7) is 3.93. The summed E-state index contributed by atoms with van der Waals surface area (Å²) in [6, 6.07) is 0. The number of nitrogens with zero attached hydrogens (tertiary/aromatic N) is 2. The maximum atomic E-state index is 11.8. The second kappa shape index (κ2) is 5.14. The summed E-state index contributed by atoms with van der Waals surface area (Å²) >= 11 is 0. The van der Waals surface area contributed by atoms with Crippen molar-refractivity contribution in [3.63, 3.8) is 0 Å². The van der Waals surface area contributed by atoms with Crippen LogP contribution in [0.5, 0.6) is 0 Å². The van der Waals surface area contributed by atoms with Crippen LogP contribution in [0.3, 0.4) is 0 Å². The number of aromatic nitrogens is 2. The third-order valence-corrected chi connectivity index (χ3v) is 2.79. The van der Waals surface area contributed by atoms with E-state index in [2.05, 4.69) is 4.98 Å². The Hall–Kier alpha value is -0.840. The van der Waals surface area contributed by atoms with Crippen LogP contribution in [0.1, 0.15) is 13.8 Å². The zero-order chi connectivity index (χ0) is 10.4. The van der Waals surface area contributed by atoms with Crippen molar-refractivity contribution >= 4 is 7.82 Å². The molecule has 80 valence electrons. The van der Waals surface area contributed by atoms with E-state index in [9.17, 15) is 4.57 Å². The van der Waals surface area contributed by atoms with Crippen molar-refractivity contribution < 1.29 is 18.2 Å². The number of hydrogen-bond donors (Lipinski definition) is 0. The maximum Gasteiger partial charge on any atom is 0.549 e. The zero-order valence-electron chi connectivity index (χ0n) is 8.12. The number of hydrogen-bond acceptors (Lipinski definition) is 5. The van der Waals surface area contributed by atoms with Crippen molar-refractivity contribution in [1.29, 1.82) is 0 Å². The van der Waals surface area contributed by atoms with Crippen LogP contribution in [0.15, 0.2) is 18.7 Å². The SMILES string of the molecule is CCOP(=O)(OCC)On1ccnc1. The molecule has 0 N–H and O–H groups in total. The van der Waals surface area contributed by atoms with E-state index in [0.717, 1.165) is 0 Å². The topological polar surface area (TPSA) is 62.6 Å². The molecule has 0 aromatic carbocycles. The van der Waals surface area contributed by atoms with Crippen LogP contribution in [0, 0.1) is 0 Å². The van der Waals surface area contributed by atoms with Gasteiger partial charge in [-0.15, -0.1) is 0 Å². The molecule has 0 spiro atoms. The molecule has 0 aliphatic rings. The molecule has 1 aromatic heterocycles. The monoisotopic (exact) mass is 220 g/mol. The molecule has 1 rings (SSSR count). The molecule has 0 radical (unpaired) electrons. The van der Waals surface area contributed by atoms with Gasteiger partial charge in [0.25, 0.3) is 0 Å².